The van der Waals surface area contributed by atoms with Gasteiger partial charge in [0, 0.05) is 36.7 Å². The molecule has 0 N–H and O–H groups in total. The number of halogens is 2. The first kappa shape index (κ1) is 16.9. The number of aromatic nitrogens is 3. The minimum Gasteiger partial charge on any atom is -0.473 e. The SMILES string of the molecule is COCc1cc(OCc2cc(F)ccc2F)nc(-c2ccncc2)n1. The van der Waals surface area contributed by atoms with Crippen LogP contribution in [0.2, 0.25) is 0 Å². The minimum absolute atomic E-state index is 0.109. The Kier molecular flexibility index (Phi) is 5.25. The number of methoxy groups -OCH3 is 1. The molecule has 3 aromatic rings. The highest BCUT2D eigenvalue weighted by Crippen LogP contribution is 2.20. The van der Waals surface area contributed by atoms with E-state index in [0.29, 0.717) is 11.5 Å². The monoisotopic (exact) mass is 343 g/mol. The smallest absolute Gasteiger partial charge is 0.217 e. The number of pyridine rings is 1. The van der Waals surface area contributed by atoms with Crippen LogP contribution in [0.1, 0.15) is 11.3 Å². The zero-order chi connectivity index (χ0) is 17.6. The molecule has 0 bridgehead atoms. The highest BCUT2D eigenvalue weighted by molar-refractivity contribution is 5.54. The molecular weight excluding hydrogens is 328 g/mol. The summed E-state index contributed by atoms with van der Waals surface area (Å²) in [6.45, 7) is 0.119. The average molecular weight is 343 g/mol. The van der Waals surface area contributed by atoms with Crippen molar-refractivity contribution in [1.82, 2.24) is 15.0 Å². The van der Waals surface area contributed by atoms with Crippen LogP contribution in [-0.4, -0.2) is 22.1 Å². The van der Waals surface area contributed by atoms with Crippen LogP contribution >= 0.6 is 0 Å². The maximum absolute atomic E-state index is 13.7. The van der Waals surface area contributed by atoms with Gasteiger partial charge in [0.25, 0.3) is 0 Å². The Labute approximate surface area is 143 Å². The van der Waals surface area contributed by atoms with Gasteiger partial charge in [0.1, 0.15) is 18.2 Å². The van der Waals surface area contributed by atoms with E-state index < -0.39 is 11.6 Å². The summed E-state index contributed by atoms with van der Waals surface area (Å²) in [5.41, 5.74) is 1.48. The third-order valence-electron chi connectivity index (χ3n) is 3.37. The molecule has 0 radical (unpaired) electrons. The number of hydrogen-bond donors (Lipinski definition) is 0. The van der Waals surface area contributed by atoms with Gasteiger partial charge in [-0.25, -0.2) is 13.8 Å². The zero-order valence-corrected chi connectivity index (χ0v) is 13.4. The molecule has 0 aliphatic rings. The summed E-state index contributed by atoms with van der Waals surface area (Å²) in [6, 6.07) is 8.35. The molecule has 0 saturated carbocycles. The standard InChI is InChI=1S/C18H15F2N3O2/c1-24-11-15-9-17(23-18(22-15)12-4-6-21-7-5-12)25-10-13-8-14(19)2-3-16(13)20/h2-9H,10-11H2,1H3. The quantitative estimate of drug-likeness (QED) is 0.685. The second kappa shape index (κ2) is 7.76. The number of rotatable bonds is 6. The van der Waals surface area contributed by atoms with E-state index in [1.807, 2.05) is 0 Å². The van der Waals surface area contributed by atoms with Gasteiger partial charge in [-0.05, 0) is 30.3 Å². The molecule has 2 heterocycles. The van der Waals surface area contributed by atoms with E-state index in [9.17, 15) is 8.78 Å². The van der Waals surface area contributed by atoms with Crippen LogP contribution in [0.3, 0.4) is 0 Å². The van der Waals surface area contributed by atoms with Crippen molar-refractivity contribution < 1.29 is 18.3 Å². The Hall–Kier alpha value is -2.93. The van der Waals surface area contributed by atoms with Crippen molar-refractivity contribution >= 4 is 0 Å². The van der Waals surface area contributed by atoms with Crippen molar-refractivity contribution in [2.45, 2.75) is 13.2 Å². The Morgan fingerprint density at radius 2 is 1.76 bits per heavy atom. The van der Waals surface area contributed by atoms with Crippen molar-refractivity contribution in [3.63, 3.8) is 0 Å². The molecule has 7 heteroatoms. The summed E-state index contributed by atoms with van der Waals surface area (Å²) in [5.74, 6) is -0.383. The van der Waals surface area contributed by atoms with Crippen LogP contribution in [0, 0.1) is 11.6 Å². The fourth-order valence-electron chi connectivity index (χ4n) is 2.20. The van der Waals surface area contributed by atoms with Crippen LogP contribution in [0.4, 0.5) is 8.78 Å². The molecule has 1 aromatic carbocycles. The molecule has 0 aliphatic heterocycles. The predicted molar refractivity (Wildman–Crippen MR) is 86.7 cm³/mol. The second-order valence-electron chi connectivity index (χ2n) is 5.21. The third kappa shape index (κ3) is 4.33. The first-order valence-electron chi connectivity index (χ1n) is 7.50. The van der Waals surface area contributed by atoms with Gasteiger partial charge in [0.05, 0.1) is 12.3 Å². The molecule has 0 unspecified atom stereocenters. The van der Waals surface area contributed by atoms with Crippen molar-refractivity contribution in [3.8, 4) is 17.3 Å². The van der Waals surface area contributed by atoms with Gasteiger partial charge < -0.3 is 9.47 Å². The minimum atomic E-state index is -0.540. The summed E-state index contributed by atoms with van der Waals surface area (Å²) >= 11 is 0. The lowest BCUT2D eigenvalue weighted by atomic mass is 10.2. The van der Waals surface area contributed by atoms with Gasteiger partial charge in [-0.1, -0.05) is 0 Å². The highest BCUT2D eigenvalue weighted by atomic mass is 19.1. The van der Waals surface area contributed by atoms with Crippen molar-refractivity contribution in [2.75, 3.05) is 7.11 Å². The number of ether oxygens (including phenoxy) is 2. The van der Waals surface area contributed by atoms with E-state index >= 15 is 0 Å². The lowest BCUT2D eigenvalue weighted by Crippen LogP contribution is -2.04. The fourth-order valence-corrected chi connectivity index (χ4v) is 2.20. The lowest BCUT2D eigenvalue weighted by Gasteiger charge is -2.10. The average Bonchev–Trinajstić information content (AvgIpc) is 2.63. The topological polar surface area (TPSA) is 57.1 Å². The van der Waals surface area contributed by atoms with Crippen molar-refractivity contribution in [3.05, 3.63) is 71.7 Å². The molecule has 0 aliphatic carbocycles. The van der Waals surface area contributed by atoms with Gasteiger partial charge in [0.15, 0.2) is 5.82 Å². The lowest BCUT2D eigenvalue weighted by molar-refractivity contribution is 0.180. The van der Waals surface area contributed by atoms with E-state index in [0.717, 1.165) is 23.8 Å². The van der Waals surface area contributed by atoms with Crippen LogP contribution in [0.15, 0.2) is 48.8 Å². The molecule has 0 fully saturated rings. The Balaban J connectivity index is 1.87. The van der Waals surface area contributed by atoms with E-state index in [2.05, 4.69) is 15.0 Å². The van der Waals surface area contributed by atoms with Gasteiger partial charge in [-0.2, -0.15) is 4.98 Å². The molecule has 3 rings (SSSR count). The maximum atomic E-state index is 13.7. The van der Waals surface area contributed by atoms with Crippen molar-refractivity contribution in [2.24, 2.45) is 0 Å². The number of nitrogens with zero attached hydrogens (tertiary/aromatic N) is 3. The van der Waals surface area contributed by atoms with E-state index in [4.69, 9.17) is 9.47 Å². The fraction of sp³-hybridized carbons (Fsp3) is 0.167. The molecule has 25 heavy (non-hydrogen) atoms. The second-order valence-corrected chi connectivity index (χ2v) is 5.21. The summed E-state index contributed by atoms with van der Waals surface area (Å²) < 4.78 is 37.6. The third-order valence-corrected chi connectivity index (χ3v) is 3.37. The molecule has 0 atom stereocenters. The first-order valence-corrected chi connectivity index (χ1v) is 7.50. The highest BCUT2D eigenvalue weighted by Gasteiger charge is 2.10. The van der Waals surface area contributed by atoms with Gasteiger partial charge in [0.2, 0.25) is 5.88 Å². The summed E-state index contributed by atoms with van der Waals surface area (Å²) in [5, 5.41) is 0. The van der Waals surface area contributed by atoms with Gasteiger partial charge in [-0.3, -0.25) is 4.98 Å². The summed E-state index contributed by atoms with van der Waals surface area (Å²) in [7, 11) is 1.55. The molecule has 128 valence electrons. The molecule has 5 nitrogen and oxygen atoms in total. The Morgan fingerprint density at radius 3 is 2.52 bits per heavy atom. The molecule has 2 aromatic heterocycles. The van der Waals surface area contributed by atoms with Gasteiger partial charge in [-0.15, -0.1) is 0 Å². The van der Waals surface area contributed by atoms with Crippen LogP contribution in [-0.2, 0) is 18.0 Å². The van der Waals surface area contributed by atoms with E-state index in [1.165, 1.54) is 0 Å². The Morgan fingerprint density at radius 1 is 0.960 bits per heavy atom. The zero-order valence-electron chi connectivity index (χ0n) is 13.4. The normalized spacial score (nSPS) is 10.7. The molecular formula is C18H15F2N3O2. The van der Waals surface area contributed by atoms with Crippen LogP contribution in [0.5, 0.6) is 5.88 Å². The van der Waals surface area contributed by atoms with Gasteiger partial charge >= 0.3 is 0 Å². The largest absolute Gasteiger partial charge is 0.473 e. The van der Waals surface area contributed by atoms with Crippen LogP contribution < -0.4 is 4.74 Å². The number of benzene rings is 1. The van der Waals surface area contributed by atoms with Crippen LogP contribution in [0.25, 0.3) is 11.4 Å². The molecule has 0 saturated heterocycles. The summed E-state index contributed by atoms with van der Waals surface area (Å²) in [6.07, 6.45) is 3.26. The van der Waals surface area contributed by atoms with Crippen molar-refractivity contribution in [1.29, 1.82) is 0 Å². The molecule has 0 spiro atoms. The maximum Gasteiger partial charge on any atom is 0.217 e. The molecule has 0 amide bonds. The number of hydrogen-bond acceptors (Lipinski definition) is 5. The summed E-state index contributed by atoms with van der Waals surface area (Å²) in [4.78, 5) is 12.7. The Bertz CT molecular complexity index is 860. The first-order chi connectivity index (χ1) is 12.2. The van der Waals surface area contributed by atoms with E-state index in [-0.39, 0.29) is 24.7 Å². The predicted octanol–water partition coefficient (Wildman–Crippen LogP) is 3.54. The van der Waals surface area contributed by atoms with E-state index in [1.54, 1.807) is 37.7 Å².